The van der Waals surface area contributed by atoms with Gasteiger partial charge in [0.25, 0.3) is 5.91 Å². The number of para-hydroxylation sites is 3. The third-order valence-corrected chi connectivity index (χ3v) is 4.94. The van der Waals surface area contributed by atoms with Crippen molar-refractivity contribution in [2.24, 2.45) is 5.92 Å². The number of hydrogen-bond donors (Lipinski definition) is 1. The molecule has 3 aromatic rings. The Balaban J connectivity index is 1.51. The van der Waals surface area contributed by atoms with Crippen molar-refractivity contribution in [3.05, 3.63) is 60.4 Å². The smallest absolute Gasteiger partial charge is 0.257 e. The summed E-state index contributed by atoms with van der Waals surface area (Å²) < 4.78 is 7.81. The maximum atomic E-state index is 12.0. The van der Waals surface area contributed by atoms with Gasteiger partial charge in [0.2, 0.25) is 0 Å². The van der Waals surface area contributed by atoms with Gasteiger partial charge >= 0.3 is 0 Å². The Morgan fingerprint density at radius 3 is 2.68 bits per heavy atom. The molecule has 1 N–H and O–H groups in total. The van der Waals surface area contributed by atoms with E-state index in [4.69, 9.17) is 9.72 Å². The highest BCUT2D eigenvalue weighted by Crippen LogP contribution is 2.19. The van der Waals surface area contributed by atoms with Gasteiger partial charge in [-0.3, -0.25) is 4.79 Å². The van der Waals surface area contributed by atoms with Gasteiger partial charge in [-0.2, -0.15) is 0 Å². The van der Waals surface area contributed by atoms with Crippen molar-refractivity contribution in [1.82, 2.24) is 14.9 Å². The molecule has 0 aliphatic heterocycles. The fourth-order valence-corrected chi connectivity index (χ4v) is 3.15. The van der Waals surface area contributed by atoms with Crippen molar-refractivity contribution < 1.29 is 9.53 Å². The van der Waals surface area contributed by atoms with Crippen LogP contribution < -0.4 is 10.1 Å². The number of aryl methyl sites for hydroxylation is 1. The normalized spacial score (nSPS) is 12.1. The standard InChI is InChI=1S/C23H29N3O2/c1-3-18(2)16-26-21-13-8-7-12-20(21)25-22(26)14-9-15-24-23(27)17-28-19-10-5-4-6-11-19/h4-8,10-13,18H,3,9,14-17H2,1-2H3,(H,24,27). The molecular weight excluding hydrogens is 350 g/mol. The van der Waals surface area contributed by atoms with Gasteiger partial charge in [-0.25, -0.2) is 4.98 Å². The van der Waals surface area contributed by atoms with Gasteiger partial charge in [0.1, 0.15) is 11.6 Å². The summed E-state index contributed by atoms with van der Waals surface area (Å²) in [7, 11) is 0. The van der Waals surface area contributed by atoms with Crippen molar-refractivity contribution in [3.63, 3.8) is 0 Å². The zero-order valence-electron chi connectivity index (χ0n) is 16.7. The summed E-state index contributed by atoms with van der Waals surface area (Å²) in [6.45, 7) is 6.12. The Labute approximate surface area is 166 Å². The predicted molar refractivity (Wildman–Crippen MR) is 112 cm³/mol. The van der Waals surface area contributed by atoms with Gasteiger partial charge < -0.3 is 14.6 Å². The fraction of sp³-hybridized carbons (Fsp3) is 0.391. The maximum Gasteiger partial charge on any atom is 0.257 e. The van der Waals surface area contributed by atoms with Gasteiger partial charge in [0.05, 0.1) is 11.0 Å². The van der Waals surface area contributed by atoms with Crippen LogP contribution in [0.5, 0.6) is 5.75 Å². The quantitative estimate of drug-likeness (QED) is 0.537. The van der Waals surface area contributed by atoms with E-state index in [9.17, 15) is 4.79 Å². The molecule has 5 nitrogen and oxygen atoms in total. The summed E-state index contributed by atoms with van der Waals surface area (Å²) in [6, 6.07) is 17.7. The highest BCUT2D eigenvalue weighted by molar-refractivity contribution is 5.77. The fourth-order valence-electron chi connectivity index (χ4n) is 3.15. The summed E-state index contributed by atoms with van der Waals surface area (Å²) in [6.07, 6.45) is 2.83. The number of aromatic nitrogens is 2. The summed E-state index contributed by atoms with van der Waals surface area (Å²) in [5.41, 5.74) is 2.24. The van der Waals surface area contributed by atoms with Crippen LogP contribution >= 0.6 is 0 Å². The van der Waals surface area contributed by atoms with Crippen molar-refractivity contribution in [3.8, 4) is 5.75 Å². The van der Waals surface area contributed by atoms with Crippen LogP contribution in [0.4, 0.5) is 0 Å². The Hall–Kier alpha value is -2.82. The van der Waals surface area contributed by atoms with E-state index in [1.807, 2.05) is 36.4 Å². The molecule has 0 fully saturated rings. The first-order valence-corrected chi connectivity index (χ1v) is 10.1. The van der Waals surface area contributed by atoms with E-state index in [2.05, 4.69) is 41.9 Å². The number of ether oxygens (including phenoxy) is 1. The highest BCUT2D eigenvalue weighted by Gasteiger charge is 2.12. The number of carbonyl (C=O) groups is 1. The first kappa shape index (κ1) is 19.9. The van der Waals surface area contributed by atoms with E-state index in [1.54, 1.807) is 0 Å². The predicted octanol–water partition coefficient (Wildman–Crippen LogP) is 4.21. The van der Waals surface area contributed by atoms with Crippen LogP contribution in [-0.4, -0.2) is 28.6 Å². The van der Waals surface area contributed by atoms with Gasteiger partial charge in [0, 0.05) is 19.5 Å². The molecule has 0 aliphatic rings. The molecule has 28 heavy (non-hydrogen) atoms. The van der Waals surface area contributed by atoms with E-state index in [0.29, 0.717) is 18.2 Å². The molecule has 1 aromatic heterocycles. The molecular formula is C23H29N3O2. The van der Waals surface area contributed by atoms with Crippen LogP contribution in [-0.2, 0) is 17.8 Å². The lowest BCUT2D eigenvalue weighted by Gasteiger charge is -2.14. The highest BCUT2D eigenvalue weighted by atomic mass is 16.5. The minimum Gasteiger partial charge on any atom is -0.484 e. The number of benzene rings is 2. The summed E-state index contributed by atoms with van der Waals surface area (Å²) >= 11 is 0. The zero-order valence-corrected chi connectivity index (χ0v) is 16.7. The molecule has 1 heterocycles. The second-order valence-electron chi connectivity index (χ2n) is 7.20. The Morgan fingerprint density at radius 1 is 1.14 bits per heavy atom. The molecule has 1 atom stereocenters. The van der Waals surface area contributed by atoms with Gasteiger partial charge in [-0.1, -0.05) is 50.6 Å². The first-order chi connectivity index (χ1) is 13.7. The molecule has 1 unspecified atom stereocenters. The molecule has 0 spiro atoms. The molecule has 1 amide bonds. The Kier molecular flexibility index (Phi) is 7.06. The lowest BCUT2D eigenvalue weighted by atomic mass is 10.1. The molecule has 0 radical (unpaired) electrons. The number of rotatable bonds is 10. The summed E-state index contributed by atoms with van der Waals surface area (Å²) in [4.78, 5) is 16.8. The average Bonchev–Trinajstić information content (AvgIpc) is 3.07. The Bertz CT molecular complexity index is 889. The number of imidazole rings is 1. The minimum atomic E-state index is -0.100. The molecule has 2 aromatic carbocycles. The first-order valence-electron chi connectivity index (χ1n) is 10.1. The molecule has 5 heteroatoms. The molecule has 0 aliphatic carbocycles. The molecule has 148 valence electrons. The van der Waals surface area contributed by atoms with Crippen molar-refractivity contribution in [1.29, 1.82) is 0 Å². The van der Waals surface area contributed by atoms with E-state index >= 15 is 0 Å². The van der Waals surface area contributed by atoms with E-state index < -0.39 is 0 Å². The Morgan fingerprint density at radius 2 is 1.89 bits per heavy atom. The van der Waals surface area contributed by atoms with E-state index in [-0.39, 0.29) is 12.5 Å². The molecule has 0 saturated carbocycles. The lowest BCUT2D eigenvalue weighted by molar-refractivity contribution is -0.123. The second-order valence-corrected chi connectivity index (χ2v) is 7.20. The maximum absolute atomic E-state index is 12.0. The monoisotopic (exact) mass is 379 g/mol. The van der Waals surface area contributed by atoms with Crippen LogP contribution in [0, 0.1) is 5.92 Å². The molecule has 0 saturated heterocycles. The minimum absolute atomic E-state index is 0.0382. The third-order valence-electron chi connectivity index (χ3n) is 4.94. The lowest BCUT2D eigenvalue weighted by Crippen LogP contribution is -2.30. The van der Waals surface area contributed by atoms with E-state index in [1.165, 1.54) is 5.52 Å². The van der Waals surface area contributed by atoms with Crippen LogP contribution in [0.1, 0.15) is 32.5 Å². The number of nitrogens with zero attached hydrogens (tertiary/aromatic N) is 2. The molecule has 0 bridgehead atoms. The van der Waals surface area contributed by atoms with Crippen LogP contribution in [0.25, 0.3) is 11.0 Å². The van der Waals surface area contributed by atoms with Crippen LogP contribution in [0.3, 0.4) is 0 Å². The van der Waals surface area contributed by atoms with Gasteiger partial charge in [0.15, 0.2) is 6.61 Å². The number of fused-ring (bicyclic) bond motifs is 1. The second kappa shape index (κ2) is 9.93. The van der Waals surface area contributed by atoms with Crippen LogP contribution in [0.15, 0.2) is 54.6 Å². The number of carbonyl (C=O) groups excluding carboxylic acids is 1. The number of nitrogens with one attached hydrogen (secondary N) is 1. The summed E-state index contributed by atoms with van der Waals surface area (Å²) in [5.74, 6) is 2.30. The van der Waals surface area contributed by atoms with E-state index in [0.717, 1.165) is 37.1 Å². The third kappa shape index (κ3) is 5.35. The van der Waals surface area contributed by atoms with Crippen molar-refractivity contribution >= 4 is 16.9 Å². The summed E-state index contributed by atoms with van der Waals surface area (Å²) in [5, 5.41) is 2.93. The number of amides is 1. The van der Waals surface area contributed by atoms with Crippen LogP contribution in [0.2, 0.25) is 0 Å². The average molecular weight is 380 g/mol. The van der Waals surface area contributed by atoms with Gasteiger partial charge in [-0.15, -0.1) is 0 Å². The zero-order chi connectivity index (χ0) is 19.8. The number of hydrogen-bond acceptors (Lipinski definition) is 3. The van der Waals surface area contributed by atoms with Gasteiger partial charge in [-0.05, 0) is 36.6 Å². The molecule has 3 rings (SSSR count). The van der Waals surface area contributed by atoms with Crippen molar-refractivity contribution in [2.75, 3.05) is 13.2 Å². The largest absolute Gasteiger partial charge is 0.484 e. The topological polar surface area (TPSA) is 56.2 Å². The van der Waals surface area contributed by atoms with Crippen molar-refractivity contribution in [2.45, 2.75) is 39.7 Å². The SMILES string of the molecule is CCC(C)Cn1c(CCCNC(=O)COc2ccccc2)nc2ccccc21.